The van der Waals surface area contributed by atoms with E-state index in [1.165, 1.54) is 0 Å². The molecule has 0 radical (unpaired) electrons. The van der Waals surface area contributed by atoms with Crippen molar-refractivity contribution in [3.63, 3.8) is 0 Å². The maximum absolute atomic E-state index is 13.1. The van der Waals surface area contributed by atoms with Crippen molar-refractivity contribution in [3.05, 3.63) is 101 Å². The first-order valence-electron chi connectivity index (χ1n) is 14.0. The van der Waals surface area contributed by atoms with Crippen LogP contribution in [0.25, 0.3) is 22.4 Å². The van der Waals surface area contributed by atoms with Crippen molar-refractivity contribution < 1.29 is 18.5 Å². The number of ether oxygens (including phenoxy) is 2. The summed E-state index contributed by atoms with van der Waals surface area (Å²) in [7, 11) is -1.16. The van der Waals surface area contributed by atoms with Crippen LogP contribution in [-0.2, 0) is 20.3 Å². The Morgan fingerprint density at radius 3 is 2.44 bits per heavy atom. The van der Waals surface area contributed by atoms with Gasteiger partial charge in [-0.15, -0.1) is 0 Å². The molecule has 43 heavy (non-hydrogen) atoms. The molecule has 0 N–H and O–H groups in total. The summed E-state index contributed by atoms with van der Waals surface area (Å²) in [6, 6.07) is 28.7. The molecule has 0 aliphatic carbocycles. The predicted octanol–water partition coefficient (Wildman–Crippen LogP) is 7.88. The van der Waals surface area contributed by atoms with Crippen LogP contribution in [0.5, 0.6) is 5.75 Å². The smallest absolute Gasteiger partial charge is 0.316 e. The van der Waals surface area contributed by atoms with Gasteiger partial charge in [0.25, 0.3) is 0 Å². The number of carbonyl (C=O) groups excluding carboxylic acids is 1. The van der Waals surface area contributed by atoms with Gasteiger partial charge in [-0.2, -0.15) is 5.26 Å². The minimum absolute atomic E-state index is 0.0542. The van der Waals surface area contributed by atoms with Gasteiger partial charge in [-0.05, 0) is 49.2 Å². The molecule has 9 heteroatoms. The van der Waals surface area contributed by atoms with Crippen molar-refractivity contribution in [3.8, 4) is 34.2 Å². The first-order valence-corrected chi connectivity index (χ1v) is 16.8. The van der Waals surface area contributed by atoms with E-state index >= 15 is 0 Å². The first kappa shape index (κ1) is 32.3. The number of nitrogens with zero attached hydrogens (tertiary/aromatic N) is 2. The molecule has 0 aliphatic heterocycles. The van der Waals surface area contributed by atoms with Gasteiger partial charge in [0.15, 0.2) is 0 Å². The minimum atomic E-state index is -1.16. The second-order valence-electron chi connectivity index (χ2n) is 9.91. The van der Waals surface area contributed by atoms with Crippen LogP contribution < -0.4 is 4.74 Å². The third-order valence-corrected chi connectivity index (χ3v) is 9.19. The molecular weight excluding hydrogens is 600 g/mol. The van der Waals surface area contributed by atoms with Gasteiger partial charge in [0.1, 0.15) is 29.6 Å². The van der Waals surface area contributed by atoms with Crippen LogP contribution >= 0.6 is 23.4 Å². The van der Waals surface area contributed by atoms with Crippen LogP contribution in [0.3, 0.4) is 0 Å². The topological polar surface area (TPSA) is 89.3 Å². The molecule has 0 bridgehead atoms. The molecule has 1 aromatic heterocycles. The third-order valence-electron chi connectivity index (χ3n) is 6.50. The number of esters is 1. The summed E-state index contributed by atoms with van der Waals surface area (Å²) in [4.78, 5) is 17.9. The molecule has 4 rings (SSSR count). The average Bonchev–Trinajstić information content (AvgIpc) is 3.02. The summed E-state index contributed by atoms with van der Waals surface area (Å²) in [6.45, 7) is 4.11. The highest BCUT2D eigenvalue weighted by atomic mass is 35.5. The lowest BCUT2D eigenvalue weighted by Crippen LogP contribution is -2.31. The number of hydrogen-bond acceptors (Lipinski definition) is 7. The minimum Gasteiger partial charge on any atom is -0.490 e. The van der Waals surface area contributed by atoms with Crippen LogP contribution in [0.1, 0.15) is 30.9 Å². The van der Waals surface area contributed by atoms with E-state index in [0.717, 1.165) is 46.9 Å². The number of benzene rings is 3. The molecule has 6 nitrogen and oxygen atoms in total. The molecule has 0 amide bonds. The van der Waals surface area contributed by atoms with E-state index in [4.69, 9.17) is 26.1 Å². The fourth-order valence-corrected chi connectivity index (χ4v) is 6.50. The van der Waals surface area contributed by atoms with E-state index < -0.39 is 22.9 Å². The van der Waals surface area contributed by atoms with Crippen molar-refractivity contribution in [2.75, 3.05) is 23.9 Å². The van der Waals surface area contributed by atoms with E-state index in [1.807, 2.05) is 74.5 Å². The van der Waals surface area contributed by atoms with Crippen LogP contribution in [0.15, 0.2) is 90.0 Å². The second-order valence-corrected chi connectivity index (χ2v) is 12.9. The summed E-state index contributed by atoms with van der Waals surface area (Å²) in [5.41, 5.74) is 4.75. The number of thioether (sulfide) groups is 1. The maximum atomic E-state index is 13.1. The highest BCUT2D eigenvalue weighted by Gasteiger charge is 2.21. The molecule has 0 fully saturated rings. The zero-order valence-corrected chi connectivity index (χ0v) is 26.5. The van der Waals surface area contributed by atoms with E-state index in [0.29, 0.717) is 32.8 Å². The Morgan fingerprint density at radius 1 is 1.05 bits per heavy atom. The van der Waals surface area contributed by atoms with Crippen molar-refractivity contribution in [2.24, 2.45) is 0 Å². The van der Waals surface area contributed by atoms with E-state index in [1.54, 1.807) is 24.3 Å². The van der Waals surface area contributed by atoms with Crippen LogP contribution in [0.4, 0.5) is 0 Å². The Bertz CT molecular complexity index is 1570. The number of rotatable bonds is 14. The monoisotopic (exact) mass is 632 g/mol. The summed E-state index contributed by atoms with van der Waals surface area (Å²) in [6.07, 6.45) is 1.04. The lowest BCUT2D eigenvalue weighted by atomic mass is 9.99. The lowest BCUT2D eigenvalue weighted by Gasteiger charge is -2.19. The predicted molar refractivity (Wildman–Crippen MR) is 175 cm³/mol. The third kappa shape index (κ3) is 9.69. The lowest BCUT2D eigenvalue weighted by molar-refractivity contribution is -0.146. The summed E-state index contributed by atoms with van der Waals surface area (Å²) >= 11 is 7.12. The normalized spacial score (nSPS) is 12.2. The van der Waals surface area contributed by atoms with Crippen molar-refractivity contribution in [2.45, 2.75) is 37.8 Å². The number of halogens is 1. The zero-order valence-electron chi connectivity index (χ0n) is 24.1. The van der Waals surface area contributed by atoms with Gasteiger partial charge in [-0.3, -0.25) is 9.00 Å². The van der Waals surface area contributed by atoms with Crippen molar-refractivity contribution >= 4 is 40.1 Å². The van der Waals surface area contributed by atoms with Crippen LogP contribution in [0, 0.1) is 18.3 Å². The van der Waals surface area contributed by atoms with Gasteiger partial charge in [0.05, 0.1) is 22.8 Å². The fraction of sp³-hybridized carbons (Fsp3) is 0.265. The summed E-state index contributed by atoms with van der Waals surface area (Å²) in [5.74, 6) is 0.696. The highest BCUT2D eigenvalue weighted by Crippen LogP contribution is 2.34. The van der Waals surface area contributed by atoms with Gasteiger partial charge in [-0.25, -0.2) is 4.98 Å². The Kier molecular flexibility index (Phi) is 12.2. The highest BCUT2D eigenvalue weighted by molar-refractivity contribution is 8.00. The second kappa shape index (κ2) is 16.3. The Balaban J connectivity index is 1.54. The molecule has 0 saturated heterocycles. The maximum Gasteiger partial charge on any atom is 0.316 e. The molecule has 0 saturated carbocycles. The Hall–Kier alpha value is -3.64. The Morgan fingerprint density at radius 2 is 1.77 bits per heavy atom. The number of nitriles is 1. The molecule has 4 aromatic rings. The van der Waals surface area contributed by atoms with Crippen molar-refractivity contribution in [1.82, 2.24) is 4.98 Å². The number of carbonyl (C=O) groups is 1. The SMILES string of the molecule is CCCCS(=O)CC(COc1ccc(Cl)cc1)OC(=O)CSc1nc(-c2ccc(C)cc2)cc(-c2ccccc2)c1C#N. The molecule has 2 unspecified atom stereocenters. The van der Waals surface area contributed by atoms with Gasteiger partial charge in [0.2, 0.25) is 0 Å². The number of pyridine rings is 1. The largest absolute Gasteiger partial charge is 0.490 e. The number of hydrogen-bond donors (Lipinski definition) is 0. The van der Waals surface area contributed by atoms with E-state index in [2.05, 4.69) is 6.07 Å². The molecule has 1 heterocycles. The number of aromatic nitrogens is 1. The van der Waals surface area contributed by atoms with E-state index in [-0.39, 0.29) is 18.1 Å². The molecule has 222 valence electrons. The molecule has 0 aliphatic rings. The van der Waals surface area contributed by atoms with Gasteiger partial charge < -0.3 is 9.47 Å². The average molecular weight is 633 g/mol. The van der Waals surface area contributed by atoms with Gasteiger partial charge in [-0.1, -0.05) is 96.9 Å². The van der Waals surface area contributed by atoms with Gasteiger partial charge >= 0.3 is 5.97 Å². The molecule has 0 spiro atoms. The molecular formula is C34H33ClN2O4S2. The van der Waals surface area contributed by atoms with Gasteiger partial charge in [0, 0.05) is 32.7 Å². The molecule has 2 atom stereocenters. The molecule has 3 aromatic carbocycles. The standard InChI is InChI=1S/C34H33ClN2O4S2/c1-3-4-18-43(39)23-29(21-40-28-16-14-27(35)15-17-28)41-33(38)22-42-34-31(20-36)30(25-8-6-5-7-9-25)19-32(37-34)26-12-10-24(2)11-13-26/h5-17,19,29H,3-4,18,21-23H2,1-2H3. The zero-order chi connectivity index (χ0) is 30.6. The van der Waals surface area contributed by atoms with E-state index in [9.17, 15) is 14.3 Å². The quantitative estimate of drug-likeness (QED) is 0.103. The number of unbranched alkanes of at least 4 members (excludes halogenated alkanes) is 1. The summed E-state index contributed by atoms with van der Waals surface area (Å²) < 4.78 is 24.3. The fourth-order valence-electron chi connectivity index (χ4n) is 4.23. The number of aryl methyl sites for hydroxylation is 1. The summed E-state index contributed by atoms with van der Waals surface area (Å²) in [5, 5.41) is 11.2. The van der Waals surface area contributed by atoms with Crippen LogP contribution in [-0.4, -0.2) is 45.1 Å². The van der Waals surface area contributed by atoms with Crippen molar-refractivity contribution in [1.29, 1.82) is 5.26 Å². The first-order chi connectivity index (χ1) is 20.9. The van der Waals surface area contributed by atoms with Crippen LogP contribution in [0.2, 0.25) is 5.02 Å². The Labute approximate surface area is 264 Å².